The first-order valence-electron chi connectivity index (χ1n) is 8.01. The Bertz CT molecular complexity index is 894. The second kappa shape index (κ2) is 7.45. The third-order valence-electron chi connectivity index (χ3n) is 3.87. The van der Waals surface area contributed by atoms with E-state index in [1.165, 1.54) is 4.90 Å². The highest BCUT2D eigenvalue weighted by molar-refractivity contribution is 5.92. The van der Waals surface area contributed by atoms with Gasteiger partial charge < -0.3 is 4.90 Å². The number of rotatable bonds is 5. The molecule has 0 aliphatic rings. The van der Waals surface area contributed by atoms with Gasteiger partial charge in [0.1, 0.15) is 6.54 Å². The maximum absolute atomic E-state index is 12.8. The Morgan fingerprint density at radius 1 is 1.12 bits per heavy atom. The van der Waals surface area contributed by atoms with Crippen LogP contribution in [0.3, 0.4) is 0 Å². The summed E-state index contributed by atoms with van der Waals surface area (Å²) in [4.78, 5) is 14.3. The topological polar surface area (TPSA) is 61.9 Å². The Morgan fingerprint density at radius 3 is 2.40 bits per heavy atom. The predicted molar refractivity (Wildman–Crippen MR) is 95.1 cm³/mol. The molecule has 1 amide bonds. The van der Waals surface area contributed by atoms with Gasteiger partial charge in [0, 0.05) is 12.2 Å². The van der Waals surface area contributed by atoms with E-state index in [-0.39, 0.29) is 12.5 Å². The van der Waals surface area contributed by atoms with Gasteiger partial charge in [-0.05, 0) is 30.7 Å². The first kappa shape index (κ1) is 16.5. The molecule has 0 spiro atoms. The molecule has 0 unspecified atom stereocenters. The van der Waals surface area contributed by atoms with Gasteiger partial charge in [-0.2, -0.15) is 10.4 Å². The minimum absolute atomic E-state index is 0.0188. The molecule has 0 fully saturated rings. The molecule has 0 atom stereocenters. The third kappa shape index (κ3) is 3.75. The Kier molecular flexibility index (Phi) is 4.91. The third-order valence-corrected chi connectivity index (χ3v) is 3.87. The lowest BCUT2D eigenvalue weighted by atomic mass is 10.2. The molecular weight excluding hydrogens is 312 g/mol. The molecule has 0 N–H and O–H groups in total. The number of carbonyl (C=O) groups excluding carboxylic acids is 1. The smallest absolute Gasteiger partial charge is 0.275 e. The number of amides is 1. The lowest BCUT2D eigenvalue weighted by molar-refractivity contribution is 0.0758. The zero-order valence-corrected chi connectivity index (χ0v) is 14.0. The minimum atomic E-state index is -0.247. The van der Waals surface area contributed by atoms with Crippen molar-refractivity contribution in [3.05, 3.63) is 83.7 Å². The average molecular weight is 330 g/mol. The van der Waals surface area contributed by atoms with E-state index in [0.29, 0.717) is 12.2 Å². The van der Waals surface area contributed by atoms with Crippen LogP contribution < -0.4 is 0 Å². The SMILES string of the molecule is Cc1cc(C(=O)N(CC#N)Cc2ccccc2)nn1-c1ccccc1. The predicted octanol–water partition coefficient (Wildman–Crippen LogP) is 3.35. The van der Waals surface area contributed by atoms with Gasteiger partial charge in [-0.3, -0.25) is 4.79 Å². The van der Waals surface area contributed by atoms with Crippen LogP contribution >= 0.6 is 0 Å². The lowest BCUT2D eigenvalue weighted by Crippen LogP contribution is -2.31. The van der Waals surface area contributed by atoms with Crippen molar-refractivity contribution in [2.24, 2.45) is 0 Å². The van der Waals surface area contributed by atoms with Crippen molar-refractivity contribution in [3.8, 4) is 11.8 Å². The van der Waals surface area contributed by atoms with Crippen molar-refractivity contribution in [2.75, 3.05) is 6.54 Å². The van der Waals surface area contributed by atoms with Crippen LogP contribution in [0.1, 0.15) is 21.7 Å². The fourth-order valence-corrected chi connectivity index (χ4v) is 2.66. The number of aryl methyl sites for hydroxylation is 1. The number of nitriles is 1. The Morgan fingerprint density at radius 2 is 1.76 bits per heavy atom. The number of aromatic nitrogens is 2. The molecular formula is C20H18N4O. The van der Waals surface area contributed by atoms with Crippen LogP contribution in [0.2, 0.25) is 0 Å². The molecule has 0 saturated carbocycles. The summed E-state index contributed by atoms with van der Waals surface area (Å²) in [5.41, 5.74) is 3.08. The Labute approximate surface area is 146 Å². The number of carbonyl (C=O) groups is 1. The quantitative estimate of drug-likeness (QED) is 0.674. The summed E-state index contributed by atoms with van der Waals surface area (Å²) in [7, 11) is 0. The van der Waals surface area contributed by atoms with Crippen LogP contribution in [0, 0.1) is 18.3 Å². The van der Waals surface area contributed by atoms with Crippen LogP contribution in [0.4, 0.5) is 0 Å². The fourth-order valence-electron chi connectivity index (χ4n) is 2.66. The van der Waals surface area contributed by atoms with Crippen molar-refractivity contribution in [2.45, 2.75) is 13.5 Å². The number of benzene rings is 2. The van der Waals surface area contributed by atoms with Gasteiger partial charge in [-0.1, -0.05) is 48.5 Å². The van der Waals surface area contributed by atoms with Gasteiger partial charge in [0.15, 0.2) is 5.69 Å². The highest BCUT2D eigenvalue weighted by Gasteiger charge is 2.20. The first-order valence-corrected chi connectivity index (χ1v) is 8.01. The minimum Gasteiger partial charge on any atom is -0.320 e. The van der Waals surface area contributed by atoms with Gasteiger partial charge in [0.05, 0.1) is 11.8 Å². The van der Waals surface area contributed by atoms with Crippen LogP contribution in [0.5, 0.6) is 0 Å². The maximum Gasteiger partial charge on any atom is 0.275 e. The molecule has 5 nitrogen and oxygen atoms in total. The summed E-state index contributed by atoms with van der Waals surface area (Å²) in [5.74, 6) is -0.247. The summed E-state index contributed by atoms with van der Waals surface area (Å²) in [5, 5.41) is 13.5. The van der Waals surface area contributed by atoms with Crippen LogP contribution in [0.25, 0.3) is 5.69 Å². The van der Waals surface area contributed by atoms with Crippen molar-refractivity contribution in [3.63, 3.8) is 0 Å². The van der Waals surface area contributed by atoms with Crippen LogP contribution in [-0.4, -0.2) is 27.1 Å². The van der Waals surface area contributed by atoms with Gasteiger partial charge in [0.2, 0.25) is 0 Å². The number of para-hydroxylation sites is 1. The highest BCUT2D eigenvalue weighted by Crippen LogP contribution is 2.14. The second-order valence-corrected chi connectivity index (χ2v) is 5.72. The Hall–Kier alpha value is -3.39. The van der Waals surface area contributed by atoms with E-state index >= 15 is 0 Å². The van der Waals surface area contributed by atoms with Crippen molar-refractivity contribution < 1.29 is 4.79 Å². The number of nitrogens with zero attached hydrogens (tertiary/aromatic N) is 4. The van der Waals surface area contributed by atoms with Crippen molar-refractivity contribution in [1.29, 1.82) is 5.26 Å². The van der Waals surface area contributed by atoms with E-state index in [2.05, 4.69) is 11.2 Å². The molecule has 0 aliphatic heterocycles. The zero-order chi connectivity index (χ0) is 17.6. The Balaban J connectivity index is 1.87. The van der Waals surface area contributed by atoms with Gasteiger partial charge in [-0.25, -0.2) is 4.68 Å². The van der Waals surface area contributed by atoms with Crippen LogP contribution in [-0.2, 0) is 6.54 Å². The standard InChI is InChI=1S/C20H18N4O/c1-16-14-19(22-24(16)18-10-6-3-7-11-18)20(25)23(13-12-21)15-17-8-4-2-5-9-17/h2-11,14H,13,15H2,1H3. The monoisotopic (exact) mass is 330 g/mol. The summed E-state index contributed by atoms with van der Waals surface area (Å²) in [6, 6.07) is 23.1. The summed E-state index contributed by atoms with van der Waals surface area (Å²) < 4.78 is 1.74. The fraction of sp³-hybridized carbons (Fsp3) is 0.150. The van der Waals surface area contributed by atoms with E-state index in [9.17, 15) is 4.79 Å². The largest absolute Gasteiger partial charge is 0.320 e. The van der Waals surface area contributed by atoms with E-state index in [1.54, 1.807) is 10.7 Å². The first-order chi connectivity index (χ1) is 12.2. The van der Waals surface area contributed by atoms with Gasteiger partial charge >= 0.3 is 0 Å². The molecule has 0 aliphatic carbocycles. The molecule has 1 heterocycles. The molecule has 25 heavy (non-hydrogen) atoms. The van der Waals surface area contributed by atoms with E-state index < -0.39 is 0 Å². The summed E-state index contributed by atoms with van der Waals surface area (Å²) >= 11 is 0. The van der Waals surface area contributed by atoms with E-state index in [1.807, 2.05) is 67.6 Å². The lowest BCUT2D eigenvalue weighted by Gasteiger charge is -2.18. The molecule has 124 valence electrons. The maximum atomic E-state index is 12.8. The van der Waals surface area contributed by atoms with E-state index in [0.717, 1.165) is 16.9 Å². The van der Waals surface area contributed by atoms with Crippen LogP contribution in [0.15, 0.2) is 66.7 Å². The summed E-state index contributed by atoms with van der Waals surface area (Å²) in [6.07, 6.45) is 0. The van der Waals surface area contributed by atoms with Crippen molar-refractivity contribution in [1.82, 2.24) is 14.7 Å². The summed E-state index contributed by atoms with van der Waals surface area (Å²) in [6.45, 7) is 2.30. The normalized spacial score (nSPS) is 10.2. The highest BCUT2D eigenvalue weighted by atomic mass is 16.2. The number of hydrogen-bond donors (Lipinski definition) is 0. The second-order valence-electron chi connectivity index (χ2n) is 5.72. The number of hydrogen-bond acceptors (Lipinski definition) is 3. The van der Waals surface area contributed by atoms with E-state index in [4.69, 9.17) is 5.26 Å². The molecule has 3 rings (SSSR count). The average Bonchev–Trinajstić information content (AvgIpc) is 3.04. The molecule has 1 aromatic heterocycles. The zero-order valence-electron chi connectivity index (χ0n) is 14.0. The molecule has 2 aromatic carbocycles. The molecule has 3 aromatic rings. The molecule has 0 saturated heterocycles. The van der Waals surface area contributed by atoms with Crippen molar-refractivity contribution >= 4 is 5.91 Å². The van der Waals surface area contributed by atoms with Gasteiger partial charge in [0.25, 0.3) is 5.91 Å². The molecule has 0 radical (unpaired) electrons. The molecule has 5 heteroatoms. The van der Waals surface area contributed by atoms with Gasteiger partial charge in [-0.15, -0.1) is 0 Å². The molecule has 0 bridgehead atoms.